The highest BCUT2D eigenvalue weighted by atomic mass is 32.2. The van der Waals surface area contributed by atoms with Crippen molar-refractivity contribution in [3.05, 3.63) is 24.0 Å². The summed E-state index contributed by atoms with van der Waals surface area (Å²) in [5.41, 5.74) is 0.131. The van der Waals surface area contributed by atoms with E-state index in [0.717, 1.165) is 0 Å². The number of aryl methyl sites for hydroxylation is 2. The van der Waals surface area contributed by atoms with Gasteiger partial charge in [0.2, 0.25) is 0 Å². The number of anilines is 1. The van der Waals surface area contributed by atoms with Crippen LogP contribution in [-0.4, -0.2) is 41.1 Å². The molecule has 2 aromatic heterocycles. The van der Waals surface area contributed by atoms with Crippen molar-refractivity contribution in [3.63, 3.8) is 0 Å². The van der Waals surface area contributed by atoms with Crippen LogP contribution in [0.2, 0.25) is 0 Å². The van der Waals surface area contributed by atoms with Gasteiger partial charge in [-0.05, 0) is 6.07 Å². The highest BCUT2D eigenvalue weighted by molar-refractivity contribution is 7.92. The van der Waals surface area contributed by atoms with E-state index in [1.165, 1.54) is 41.9 Å². The molecular weight excluding hydrogens is 286 g/mol. The molecule has 2 aromatic rings. The lowest BCUT2D eigenvalue weighted by Gasteiger charge is -2.01. The average Bonchev–Trinajstić information content (AvgIpc) is 2.95. The number of carbonyl (C=O) groups excluding carboxylic acids is 1. The van der Waals surface area contributed by atoms with Crippen LogP contribution in [0.1, 0.15) is 10.5 Å². The third-order valence-corrected chi connectivity index (χ3v) is 3.72. The lowest BCUT2D eigenvalue weighted by atomic mass is 10.4. The van der Waals surface area contributed by atoms with E-state index in [0.29, 0.717) is 0 Å². The van der Waals surface area contributed by atoms with Gasteiger partial charge in [0, 0.05) is 26.4 Å². The molecular formula is C10H13N5O4S. The third kappa shape index (κ3) is 2.64. The number of methoxy groups -OCH3 is 1. The fourth-order valence-corrected chi connectivity index (χ4v) is 2.50. The lowest BCUT2D eigenvalue weighted by molar-refractivity contribution is 0.0588. The Morgan fingerprint density at radius 2 is 2.05 bits per heavy atom. The Hall–Kier alpha value is -2.36. The second-order valence-corrected chi connectivity index (χ2v) is 5.59. The van der Waals surface area contributed by atoms with Crippen LogP contribution in [0.4, 0.5) is 5.82 Å². The first-order chi connectivity index (χ1) is 9.33. The molecule has 0 aliphatic carbocycles. The molecule has 2 heterocycles. The summed E-state index contributed by atoms with van der Waals surface area (Å²) in [6.07, 6.45) is 1.51. The maximum Gasteiger partial charge on any atom is 0.356 e. The highest BCUT2D eigenvalue weighted by Gasteiger charge is 2.21. The number of hydrogen-bond acceptors (Lipinski definition) is 6. The van der Waals surface area contributed by atoms with Gasteiger partial charge in [0.1, 0.15) is 5.69 Å². The van der Waals surface area contributed by atoms with Crippen LogP contribution in [0, 0.1) is 0 Å². The zero-order chi connectivity index (χ0) is 14.9. The number of nitrogens with zero attached hydrogens (tertiary/aromatic N) is 4. The highest BCUT2D eigenvalue weighted by Crippen LogP contribution is 2.14. The molecule has 1 N–H and O–H groups in total. The number of carbonyl (C=O) groups is 1. The Bertz CT molecular complexity index is 746. The summed E-state index contributed by atoms with van der Waals surface area (Å²) in [5.74, 6) is -0.596. The molecule has 0 aromatic carbocycles. The Balaban J connectivity index is 2.28. The van der Waals surface area contributed by atoms with E-state index in [2.05, 4.69) is 19.7 Å². The van der Waals surface area contributed by atoms with Gasteiger partial charge in [0.25, 0.3) is 10.0 Å². The standard InChI is InChI=1S/C10H13N5O4S/c1-14-5-4-9(12-14)20(17,18)13-8-6-7(10(16)19-3)15(2)11-8/h4-6H,1-3H3,(H,11,13). The van der Waals surface area contributed by atoms with Crippen LogP contribution in [0.25, 0.3) is 0 Å². The monoisotopic (exact) mass is 299 g/mol. The van der Waals surface area contributed by atoms with Gasteiger partial charge in [-0.1, -0.05) is 0 Å². The summed E-state index contributed by atoms with van der Waals surface area (Å²) in [6.45, 7) is 0. The van der Waals surface area contributed by atoms with Gasteiger partial charge >= 0.3 is 5.97 Å². The van der Waals surface area contributed by atoms with Crippen LogP contribution in [0.5, 0.6) is 0 Å². The van der Waals surface area contributed by atoms with E-state index >= 15 is 0 Å². The number of sulfonamides is 1. The van der Waals surface area contributed by atoms with E-state index in [4.69, 9.17) is 0 Å². The number of nitrogens with one attached hydrogen (secondary N) is 1. The molecule has 0 unspecified atom stereocenters. The second-order valence-electron chi connectivity index (χ2n) is 3.96. The van der Waals surface area contributed by atoms with Gasteiger partial charge in [-0.15, -0.1) is 0 Å². The van der Waals surface area contributed by atoms with Crippen molar-refractivity contribution in [2.45, 2.75) is 5.03 Å². The van der Waals surface area contributed by atoms with Crippen molar-refractivity contribution in [1.29, 1.82) is 0 Å². The van der Waals surface area contributed by atoms with Crippen molar-refractivity contribution >= 4 is 21.8 Å². The second kappa shape index (κ2) is 4.96. The maximum absolute atomic E-state index is 12.0. The van der Waals surface area contributed by atoms with E-state index in [-0.39, 0.29) is 16.5 Å². The first kappa shape index (κ1) is 14.1. The zero-order valence-corrected chi connectivity index (χ0v) is 11.9. The largest absolute Gasteiger partial charge is 0.464 e. The first-order valence-corrected chi connectivity index (χ1v) is 6.96. The minimum atomic E-state index is -3.84. The van der Waals surface area contributed by atoms with Crippen LogP contribution < -0.4 is 4.72 Å². The van der Waals surface area contributed by atoms with Crippen LogP contribution in [-0.2, 0) is 28.9 Å². The number of hydrogen-bond donors (Lipinski definition) is 1. The Morgan fingerprint density at radius 1 is 1.35 bits per heavy atom. The molecule has 0 saturated carbocycles. The summed E-state index contributed by atoms with van der Waals surface area (Å²) < 4.78 is 33.4. The molecule has 0 atom stereocenters. The molecule has 0 bridgehead atoms. The Labute approximate surface area is 115 Å². The molecule has 2 rings (SSSR count). The Morgan fingerprint density at radius 3 is 2.60 bits per heavy atom. The van der Waals surface area contributed by atoms with Gasteiger partial charge in [-0.25, -0.2) is 4.79 Å². The smallest absolute Gasteiger partial charge is 0.356 e. The topological polar surface area (TPSA) is 108 Å². The number of esters is 1. The van der Waals surface area contributed by atoms with E-state index in [1.54, 1.807) is 7.05 Å². The van der Waals surface area contributed by atoms with Crippen molar-refractivity contribution in [2.75, 3.05) is 11.8 Å². The maximum atomic E-state index is 12.0. The van der Waals surface area contributed by atoms with E-state index in [9.17, 15) is 13.2 Å². The summed E-state index contributed by atoms with van der Waals surface area (Å²) in [6, 6.07) is 2.64. The van der Waals surface area contributed by atoms with Gasteiger partial charge in [-0.3, -0.25) is 14.1 Å². The predicted octanol–water partition coefficient (Wildman–Crippen LogP) is -0.259. The van der Waals surface area contributed by atoms with Crippen LogP contribution >= 0.6 is 0 Å². The van der Waals surface area contributed by atoms with Crippen LogP contribution in [0.3, 0.4) is 0 Å². The van der Waals surface area contributed by atoms with E-state index < -0.39 is 16.0 Å². The number of rotatable bonds is 4. The van der Waals surface area contributed by atoms with Crippen molar-refractivity contribution in [2.24, 2.45) is 14.1 Å². The SMILES string of the molecule is COC(=O)c1cc(NS(=O)(=O)c2ccn(C)n2)nn1C. The number of ether oxygens (including phenoxy) is 1. The molecule has 0 aliphatic rings. The average molecular weight is 299 g/mol. The quantitative estimate of drug-likeness (QED) is 0.779. The van der Waals surface area contributed by atoms with Gasteiger partial charge in [0.05, 0.1) is 7.11 Å². The normalized spacial score (nSPS) is 11.3. The molecule has 0 saturated heterocycles. The van der Waals surface area contributed by atoms with Crippen molar-refractivity contribution in [1.82, 2.24) is 19.6 Å². The number of aromatic nitrogens is 4. The van der Waals surface area contributed by atoms with Gasteiger partial charge in [0.15, 0.2) is 10.8 Å². The molecule has 9 nitrogen and oxygen atoms in total. The summed E-state index contributed by atoms with van der Waals surface area (Å²) in [5, 5.41) is 7.55. The van der Waals surface area contributed by atoms with E-state index in [1.807, 2.05) is 0 Å². The summed E-state index contributed by atoms with van der Waals surface area (Å²) >= 11 is 0. The van der Waals surface area contributed by atoms with Crippen molar-refractivity contribution in [3.8, 4) is 0 Å². The molecule has 0 radical (unpaired) electrons. The van der Waals surface area contributed by atoms with Crippen molar-refractivity contribution < 1.29 is 17.9 Å². The molecule has 0 fully saturated rings. The first-order valence-electron chi connectivity index (χ1n) is 5.48. The molecule has 0 spiro atoms. The minimum absolute atomic E-state index is 0.0125. The molecule has 0 amide bonds. The predicted molar refractivity (Wildman–Crippen MR) is 68.6 cm³/mol. The van der Waals surface area contributed by atoms with Gasteiger partial charge < -0.3 is 4.74 Å². The lowest BCUT2D eigenvalue weighted by Crippen LogP contribution is -2.14. The van der Waals surface area contributed by atoms with Crippen LogP contribution in [0.15, 0.2) is 23.4 Å². The zero-order valence-electron chi connectivity index (χ0n) is 11.1. The minimum Gasteiger partial charge on any atom is -0.464 e. The molecule has 0 aliphatic heterocycles. The molecule has 108 valence electrons. The molecule has 10 heteroatoms. The summed E-state index contributed by atoms with van der Waals surface area (Å²) in [4.78, 5) is 11.4. The summed E-state index contributed by atoms with van der Waals surface area (Å²) in [7, 11) is 0.502. The Kier molecular flexibility index (Phi) is 3.49. The fraction of sp³-hybridized carbons (Fsp3) is 0.300. The third-order valence-electron chi connectivity index (χ3n) is 2.48. The fourth-order valence-electron chi connectivity index (χ4n) is 1.54. The van der Waals surface area contributed by atoms with Gasteiger partial charge in [-0.2, -0.15) is 18.6 Å². The molecule has 20 heavy (non-hydrogen) atoms.